The summed E-state index contributed by atoms with van der Waals surface area (Å²) in [4.78, 5) is 11.6. The Labute approximate surface area is 149 Å². The molecule has 1 aliphatic heterocycles. The molecule has 0 amide bonds. The van der Waals surface area contributed by atoms with Crippen LogP contribution in [0.15, 0.2) is 22.6 Å². The monoisotopic (exact) mass is 344 g/mol. The number of piperidine rings is 1. The molecule has 0 saturated carbocycles. The van der Waals surface area contributed by atoms with Crippen LogP contribution in [0.1, 0.15) is 49.1 Å². The Hall–Kier alpha value is -1.92. The van der Waals surface area contributed by atoms with Gasteiger partial charge in [0, 0.05) is 31.9 Å². The first-order chi connectivity index (χ1) is 11.9. The number of anilines is 1. The van der Waals surface area contributed by atoms with Crippen LogP contribution in [-0.4, -0.2) is 34.7 Å². The lowest BCUT2D eigenvalue weighted by atomic mass is 10.0. The molecule has 0 aromatic carbocycles. The second-order valence-electron chi connectivity index (χ2n) is 7.14. The molecule has 1 unspecified atom stereocenters. The molecule has 1 fully saturated rings. The minimum atomic E-state index is -1.05. The summed E-state index contributed by atoms with van der Waals surface area (Å²) >= 11 is 0. The third kappa shape index (κ3) is 4.58. The molecule has 0 radical (unpaired) electrons. The molecule has 6 heteroatoms. The number of nitrogens with zero attached hydrogens (tertiary/aromatic N) is 3. The lowest BCUT2D eigenvalue weighted by Gasteiger charge is -2.27. The van der Waals surface area contributed by atoms with Crippen molar-refractivity contribution in [1.82, 2.24) is 15.3 Å². The predicted molar refractivity (Wildman–Crippen MR) is 97.6 cm³/mol. The molecule has 136 valence electrons. The average Bonchev–Trinajstić information content (AvgIpc) is 3.02. The van der Waals surface area contributed by atoms with Gasteiger partial charge in [-0.2, -0.15) is 0 Å². The van der Waals surface area contributed by atoms with Crippen molar-refractivity contribution in [2.45, 2.75) is 52.2 Å². The van der Waals surface area contributed by atoms with E-state index in [9.17, 15) is 5.11 Å². The molecule has 2 aromatic rings. The van der Waals surface area contributed by atoms with Gasteiger partial charge in [-0.25, -0.2) is 9.97 Å². The maximum absolute atomic E-state index is 10.6. The van der Waals surface area contributed by atoms with E-state index in [1.807, 2.05) is 32.0 Å². The fraction of sp³-hybridized carbons (Fsp3) is 0.579. The van der Waals surface area contributed by atoms with Crippen molar-refractivity contribution in [2.24, 2.45) is 0 Å². The van der Waals surface area contributed by atoms with Crippen LogP contribution >= 0.6 is 0 Å². The van der Waals surface area contributed by atoms with E-state index in [1.165, 1.54) is 19.3 Å². The van der Waals surface area contributed by atoms with E-state index in [0.29, 0.717) is 18.8 Å². The summed E-state index contributed by atoms with van der Waals surface area (Å²) in [6, 6.07) is 5.68. The molecule has 2 aromatic heterocycles. The quantitative estimate of drug-likeness (QED) is 0.839. The van der Waals surface area contributed by atoms with Gasteiger partial charge in [0.05, 0.1) is 5.69 Å². The Balaban J connectivity index is 1.62. The van der Waals surface area contributed by atoms with Gasteiger partial charge in [-0.1, -0.05) is 0 Å². The summed E-state index contributed by atoms with van der Waals surface area (Å²) < 4.78 is 5.55. The zero-order valence-electron chi connectivity index (χ0n) is 15.4. The van der Waals surface area contributed by atoms with E-state index in [0.717, 1.165) is 36.2 Å². The normalized spacial score (nSPS) is 17.5. The summed E-state index contributed by atoms with van der Waals surface area (Å²) in [5.74, 6) is 2.20. The molecule has 0 bridgehead atoms. The minimum absolute atomic E-state index is 0.391. The van der Waals surface area contributed by atoms with E-state index >= 15 is 0 Å². The topological polar surface area (TPSA) is 74.4 Å². The Kier molecular flexibility index (Phi) is 5.39. The van der Waals surface area contributed by atoms with Gasteiger partial charge < -0.3 is 19.7 Å². The van der Waals surface area contributed by atoms with Crippen molar-refractivity contribution in [3.8, 4) is 0 Å². The van der Waals surface area contributed by atoms with Crippen molar-refractivity contribution in [2.75, 3.05) is 24.5 Å². The molecule has 0 aliphatic carbocycles. The number of furan rings is 1. The van der Waals surface area contributed by atoms with Gasteiger partial charge in [-0.3, -0.25) is 0 Å². The Morgan fingerprint density at radius 2 is 1.96 bits per heavy atom. The van der Waals surface area contributed by atoms with Crippen LogP contribution in [0.5, 0.6) is 0 Å². The van der Waals surface area contributed by atoms with Gasteiger partial charge in [0.15, 0.2) is 0 Å². The van der Waals surface area contributed by atoms with Crippen LogP contribution in [-0.2, 0) is 12.1 Å². The fourth-order valence-electron chi connectivity index (χ4n) is 3.19. The number of hydrogen-bond acceptors (Lipinski definition) is 6. The van der Waals surface area contributed by atoms with Gasteiger partial charge in [-0.05, 0) is 58.2 Å². The number of nitrogens with one attached hydrogen (secondary N) is 1. The molecular weight excluding hydrogens is 316 g/mol. The van der Waals surface area contributed by atoms with Gasteiger partial charge in [-0.15, -0.1) is 0 Å². The summed E-state index contributed by atoms with van der Waals surface area (Å²) in [6.07, 6.45) is 3.70. The zero-order chi connectivity index (χ0) is 17.9. The van der Waals surface area contributed by atoms with E-state index in [4.69, 9.17) is 9.40 Å². The number of aliphatic hydroxyl groups is 1. The standard InChI is InChI=1S/C19H28N4O2/c1-14-11-16(22-18(21-14)23-9-5-4-6-10-23)12-20-13-19(3,24)17-8-7-15(2)25-17/h7-8,11,20,24H,4-6,9-10,12-13H2,1-3H3. The molecular formula is C19H28N4O2. The largest absolute Gasteiger partial charge is 0.463 e. The van der Waals surface area contributed by atoms with Crippen LogP contribution in [0.25, 0.3) is 0 Å². The van der Waals surface area contributed by atoms with Crippen LogP contribution in [0.4, 0.5) is 5.95 Å². The van der Waals surface area contributed by atoms with Crippen molar-refractivity contribution in [3.05, 3.63) is 41.1 Å². The summed E-state index contributed by atoms with van der Waals surface area (Å²) in [5.41, 5.74) is 0.867. The van der Waals surface area contributed by atoms with E-state index in [1.54, 1.807) is 6.92 Å². The second kappa shape index (κ2) is 7.54. The predicted octanol–water partition coefficient (Wildman–Crippen LogP) is 2.67. The maximum Gasteiger partial charge on any atom is 0.225 e. The molecule has 25 heavy (non-hydrogen) atoms. The van der Waals surface area contributed by atoms with Crippen molar-refractivity contribution < 1.29 is 9.52 Å². The summed E-state index contributed by atoms with van der Waals surface area (Å²) in [7, 11) is 0. The highest BCUT2D eigenvalue weighted by atomic mass is 16.4. The first-order valence-corrected chi connectivity index (χ1v) is 9.03. The fourth-order valence-corrected chi connectivity index (χ4v) is 3.19. The SMILES string of the molecule is Cc1cc(CNCC(C)(O)c2ccc(C)o2)nc(N2CCCCC2)n1. The zero-order valence-corrected chi connectivity index (χ0v) is 15.4. The maximum atomic E-state index is 10.6. The molecule has 3 rings (SSSR count). The van der Waals surface area contributed by atoms with Crippen LogP contribution < -0.4 is 10.2 Å². The van der Waals surface area contributed by atoms with Crippen molar-refractivity contribution >= 4 is 5.95 Å². The third-order valence-electron chi connectivity index (χ3n) is 4.58. The van der Waals surface area contributed by atoms with Crippen molar-refractivity contribution in [3.63, 3.8) is 0 Å². The van der Waals surface area contributed by atoms with Gasteiger partial charge in [0.1, 0.15) is 17.1 Å². The molecule has 6 nitrogen and oxygen atoms in total. The number of rotatable bonds is 6. The number of hydrogen-bond donors (Lipinski definition) is 2. The molecule has 0 spiro atoms. The summed E-state index contributed by atoms with van der Waals surface area (Å²) in [6.45, 7) is 8.66. The third-order valence-corrected chi connectivity index (χ3v) is 4.58. The van der Waals surface area contributed by atoms with Crippen molar-refractivity contribution in [1.29, 1.82) is 0 Å². The second-order valence-corrected chi connectivity index (χ2v) is 7.14. The first-order valence-electron chi connectivity index (χ1n) is 9.03. The number of aromatic nitrogens is 2. The summed E-state index contributed by atoms with van der Waals surface area (Å²) in [5, 5.41) is 13.9. The highest BCUT2D eigenvalue weighted by Gasteiger charge is 2.26. The highest BCUT2D eigenvalue weighted by molar-refractivity contribution is 5.32. The molecule has 1 atom stereocenters. The Bertz CT molecular complexity index is 705. The van der Waals surface area contributed by atoms with E-state index in [-0.39, 0.29) is 0 Å². The Morgan fingerprint density at radius 3 is 2.64 bits per heavy atom. The van der Waals surface area contributed by atoms with E-state index < -0.39 is 5.60 Å². The van der Waals surface area contributed by atoms with E-state index in [2.05, 4.69) is 15.2 Å². The lowest BCUT2D eigenvalue weighted by molar-refractivity contribution is 0.0332. The smallest absolute Gasteiger partial charge is 0.225 e. The van der Waals surface area contributed by atoms with Gasteiger partial charge in [0.25, 0.3) is 0 Å². The Morgan fingerprint density at radius 1 is 1.20 bits per heavy atom. The molecule has 1 saturated heterocycles. The van der Waals surface area contributed by atoms with Gasteiger partial charge >= 0.3 is 0 Å². The van der Waals surface area contributed by atoms with Crippen LogP contribution in [0, 0.1) is 13.8 Å². The highest BCUT2D eigenvalue weighted by Crippen LogP contribution is 2.22. The minimum Gasteiger partial charge on any atom is -0.463 e. The average molecular weight is 344 g/mol. The van der Waals surface area contributed by atoms with Crippen LogP contribution in [0.3, 0.4) is 0 Å². The molecule has 1 aliphatic rings. The first kappa shape index (κ1) is 17.9. The molecule has 2 N–H and O–H groups in total. The van der Waals surface area contributed by atoms with Crippen LogP contribution in [0.2, 0.25) is 0 Å². The number of aryl methyl sites for hydroxylation is 2. The van der Waals surface area contributed by atoms with Gasteiger partial charge in [0.2, 0.25) is 5.95 Å². The lowest BCUT2D eigenvalue weighted by Crippen LogP contribution is -2.35. The molecule has 3 heterocycles.